The maximum absolute atomic E-state index is 13.9. The summed E-state index contributed by atoms with van der Waals surface area (Å²) in [7, 11) is -3.54. The van der Waals surface area contributed by atoms with Crippen LogP contribution >= 0.6 is 0 Å². The Balaban J connectivity index is 1.74. The van der Waals surface area contributed by atoms with Crippen molar-refractivity contribution in [2.45, 2.75) is 85.7 Å². The van der Waals surface area contributed by atoms with Gasteiger partial charge in [0.25, 0.3) is 0 Å². The van der Waals surface area contributed by atoms with Crippen molar-refractivity contribution in [2.24, 2.45) is 5.92 Å². The molecule has 0 aliphatic carbocycles. The van der Waals surface area contributed by atoms with E-state index in [9.17, 15) is 18.0 Å². The molecule has 0 saturated carbocycles. The molecule has 1 heterocycles. The molecular weight excluding hydrogens is 548 g/mol. The molecule has 9 heteroatoms. The quantitative estimate of drug-likeness (QED) is 0.296. The summed E-state index contributed by atoms with van der Waals surface area (Å²) in [4.78, 5) is 30.6. The van der Waals surface area contributed by atoms with Crippen LogP contribution in [0.1, 0.15) is 82.9 Å². The first-order chi connectivity index (χ1) is 19.9. The van der Waals surface area contributed by atoms with E-state index in [1.807, 2.05) is 67.3 Å². The van der Waals surface area contributed by atoms with Gasteiger partial charge >= 0.3 is 6.03 Å². The number of aryl methyl sites for hydroxylation is 1. The summed E-state index contributed by atoms with van der Waals surface area (Å²) < 4.78 is 27.6. The van der Waals surface area contributed by atoms with E-state index in [1.165, 1.54) is 9.87 Å². The molecule has 3 amide bonds. The molecule has 0 spiro atoms. The Hall–Kier alpha value is -2.91. The third-order valence-corrected chi connectivity index (χ3v) is 10.1. The smallest absolute Gasteiger partial charge is 0.321 e. The minimum absolute atomic E-state index is 0.0316. The van der Waals surface area contributed by atoms with E-state index >= 15 is 0 Å². The molecule has 1 fully saturated rings. The highest BCUT2D eigenvalue weighted by molar-refractivity contribution is 7.89. The summed E-state index contributed by atoms with van der Waals surface area (Å²) in [6, 6.07) is 15.7. The third-order valence-electron chi connectivity index (χ3n) is 8.07. The SMILES string of the molecule is CCCS(=O)(=O)N(CCC(C)C)CC(=O)N(Cc1ccccc1C)C1CCN(C(=O)Nc2ccc(C(C)C)cc2)CC1. The Labute approximate surface area is 253 Å². The molecule has 0 aromatic heterocycles. The number of hydrogen-bond acceptors (Lipinski definition) is 4. The molecule has 1 aliphatic rings. The Kier molecular flexibility index (Phi) is 12.4. The van der Waals surface area contributed by atoms with Crippen LogP contribution in [0.4, 0.5) is 10.5 Å². The van der Waals surface area contributed by atoms with Crippen LogP contribution in [0, 0.1) is 12.8 Å². The maximum atomic E-state index is 13.9. The van der Waals surface area contributed by atoms with Crippen LogP contribution in [0.15, 0.2) is 48.5 Å². The number of urea groups is 1. The lowest BCUT2D eigenvalue weighted by molar-refractivity contribution is -0.135. The molecule has 232 valence electrons. The number of rotatable bonds is 13. The van der Waals surface area contributed by atoms with Gasteiger partial charge in [0.15, 0.2) is 0 Å². The van der Waals surface area contributed by atoms with Crippen LogP contribution in [0.5, 0.6) is 0 Å². The Bertz CT molecular complexity index is 1270. The van der Waals surface area contributed by atoms with E-state index in [-0.39, 0.29) is 30.3 Å². The lowest BCUT2D eigenvalue weighted by Gasteiger charge is -2.39. The molecule has 0 radical (unpaired) electrons. The molecule has 2 aromatic rings. The lowest BCUT2D eigenvalue weighted by Crippen LogP contribution is -2.52. The number of likely N-dealkylation sites (tertiary alicyclic amines) is 1. The predicted molar refractivity (Wildman–Crippen MR) is 171 cm³/mol. The van der Waals surface area contributed by atoms with Gasteiger partial charge in [0.1, 0.15) is 0 Å². The second-order valence-electron chi connectivity index (χ2n) is 12.2. The average molecular weight is 599 g/mol. The molecule has 0 bridgehead atoms. The normalized spacial score (nSPS) is 14.5. The zero-order valence-corrected chi connectivity index (χ0v) is 27.1. The number of anilines is 1. The minimum Gasteiger partial charge on any atom is -0.334 e. The fourth-order valence-electron chi connectivity index (χ4n) is 5.27. The average Bonchev–Trinajstić information content (AvgIpc) is 2.95. The van der Waals surface area contributed by atoms with Crippen LogP contribution in [-0.4, -0.2) is 72.4 Å². The first kappa shape index (κ1) is 33.6. The molecule has 0 unspecified atom stereocenters. The second-order valence-corrected chi connectivity index (χ2v) is 14.3. The summed E-state index contributed by atoms with van der Waals surface area (Å²) in [6.07, 6.45) is 2.46. The van der Waals surface area contributed by atoms with E-state index in [1.54, 1.807) is 4.90 Å². The van der Waals surface area contributed by atoms with E-state index < -0.39 is 10.0 Å². The van der Waals surface area contributed by atoms with E-state index in [2.05, 4.69) is 33.0 Å². The molecule has 0 atom stereocenters. The number of nitrogens with zero attached hydrogens (tertiary/aromatic N) is 3. The van der Waals surface area contributed by atoms with Gasteiger partial charge in [-0.25, -0.2) is 13.2 Å². The van der Waals surface area contributed by atoms with Crippen molar-refractivity contribution < 1.29 is 18.0 Å². The maximum Gasteiger partial charge on any atom is 0.321 e. The van der Waals surface area contributed by atoms with Gasteiger partial charge < -0.3 is 15.1 Å². The van der Waals surface area contributed by atoms with Gasteiger partial charge in [-0.3, -0.25) is 4.79 Å². The molecule has 2 aromatic carbocycles. The first-order valence-electron chi connectivity index (χ1n) is 15.4. The van der Waals surface area contributed by atoms with Gasteiger partial charge in [0, 0.05) is 37.9 Å². The van der Waals surface area contributed by atoms with Crippen LogP contribution in [0.2, 0.25) is 0 Å². The van der Waals surface area contributed by atoms with Crippen LogP contribution < -0.4 is 5.32 Å². The topological polar surface area (TPSA) is 90.0 Å². The van der Waals surface area contributed by atoms with E-state index in [0.717, 1.165) is 16.8 Å². The number of nitrogens with one attached hydrogen (secondary N) is 1. The number of carbonyl (C=O) groups excluding carboxylic acids is 2. The zero-order chi connectivity index (χ0) is 30.9. The van der Waals surface area contributed by atoms with Gasteiger partial charge in [0.2, 0.25) is 15.9 Å². The highest BCUT2D eigenvalue weighted by atomic mass is 32.2. The molecule has 1 aliphatic heterocycles. The molecule has 3 rings (SSSR count). The Morgan fingerprint density at radius 3 is 2.21 bits per heavy atom. The van der Waals surface area contributed by atoms with Crippen molar-refractivity contribution in [1.29, 1.82) is 0 Å². The number of hydrogen-bond donors (Lipinski definition) is 1. The summed E-state index contributed by atoms with van der Waals surface area (Å²) in [6.45, 7) is 13.9. The Morgan fingerprint density at radius 1 is 1.00 bits per heavy atom. The molecular formula is C33H50N4O4S. The summed E-state index contributed by atoms with van der Waals surface area (Å²) in [5.41, 5.74) is 4.11. The molecule has 1 saturated heterocycles. The number of piperidine rings is 1. The first-order valence-corrected chi connectivity index (χ1v) is 17.0. The lowest BCUT2D eigenvalue weighted by atomic mass is 10.0. The van der Waals surface area contributed by atoms with Gasteiger partial charge in [-0.2, -0.15) is 4.31 Å². The van der Waals surface area contributed by atoms with Gasteiger partial charge in [-0.05, 0) is 73.3 Å². The number of amides is 3. The second kappa shape index (κ2) is 15.5. The van der Waals surface area contributed by atoms with E-state index in [0.29, 0.717) is 63.7 Å². The monoisotopic (exact) mass is 598 g/mol. The van der Waals surface area contributed by atoms with Crippen LogP contribution in [0.3, 0.4) is 0 Å². The van der Waals surface area contributed by atoms with Crippen molar-refractivity contribution in [2.75, 3.05) is 37.2 Å². The van der Waals surface area contributed by atoms with Crippen molar-refractivity contribution in [3.8, 4) is 0 Å². The molecule has 8 nitrogen and oxygen atoms in total. The van der Waals surface area contributed by atoms with Gasteiger partial charge in [-0.1, -0.05) is 71.0 Å². The summed E-state index contributed by atoms with van der Waals surface area (Å²) in [5.74, 6) is 0.596. The largest absolute Gasteiger partial charge is 0.334 e. The molecule has 42 heavy (non-hydrogen) atoms. The standard InChI is InChI=1S/C33H50N4O4S/c1-7-22-42(40,41)36(21-16-25(2)3)24-32(38)37(23-29-11-9-8-10-27(29)6)31-17-19-35(20-18-31)33(39)34-30-14-12-28(13-15-30)26(4)5/h8-15,25-26,31H,7,16-24H2,1-6H3,(H,34,39). The number of benzene rings is 2. The van der Waals surface area contributed by atoms with E-state index in [4.69, 9.17) is 0 Å². The minimum atomic E-state index is -3.54. The van der Waals surface area contributed by atoms with Crippen molar-refractivity contribution in [3.05, 3.63) is 65.2 Å². The van der Waals surface area contributed by atoms with Crippen molar-refractivity contribution in [1.82, 2.24) is 14.1 Å². The van der Waals surface area contributed by atoms with Crippen LogP contribution in [-0.2, 0) is 21.4 Å². The summed E-state index contributed by atoms with van der Waals surface area (Å²) >= 11 is 0. The predicted octanol–water partition coefficient (Wildman–Crippen LogP) is 6.23. The highest BCUT2D eigenvalue weighted by Crippen LogP contribution is 2.23. The van der Waals surface area contributed by atoms with Gasteiger partial charge in [0.05, 0.1) is 12.3 Å². The van der Waals surface area contributed by atoms with Crippen molar-refractivity contribution in [3.63, 3.8) is 0 Å². The fraction of sp³-hybridized carbons (Fsp3) is 0.576. The number of sulfonamides is 1. The third kappa shape index (κ3) is 9.56. The Morgan fingerprint density at radius 2 is 1.64 bits per heavy atom. The molecule has 1 N–H and O–H groups in total. The zero-order valence-electron chi connectivity index (χ0n) is 26.3. The summed E-state index contributed by atoms with van der Waals surface area (Å²) in [5, 5.41) is 3.00. The van der Waals surface area contributed by atoms with Crippen molar-refractivity contribution >= 4 is 27.6 Å². The number of carbonyl (C=O) groups is 2. The van der Waals surface area contributed by atoms with Gasteiger partial charge in [-0.15, -0.1) is 0 Å². The highest BCUT2D eigenvalue weighted by Gasteiger charge is 2.33. The fourth-order valence-corrected chi connectivity index (χ4v) is 6.74. The van der Waals surface area contributed by atoms with Crippen LogP contribution in [0.25, 0.3) is 0 Å².